The molecule has 0 unspecified atom stereocenters. The standard InChI is InChI=1S/C25H25ClN2O6/c1-5-33-24(29)21-15(3)27(19-12-10-18(26)11-13-19)16(4)22(25(30)34-6-2)23(21)17-8-7-9-20(14-17)28(31)32/h7-14,23H,5-6H2,1-4H3. The molecule has 2 aromatic rings. The summed E-state index contributed by atoms with van der Waals surface area (Å²) >= 11 is 6.06. The Kier molecular flexibility index (Phi) is 7.73. The van der Waals surface area contributed by atoms with Gasteiger partial charge in [-0.2, -0.15) is 0 Å². The Morgan fingerprint density at radius 2 is 1.50 bits per heavy atom. The highest BCUT2D eigenvalue weighted by Gasteiger charge is 2.41. The number of hydrogen-bond acceptors (Lipinski definition) is 7. The van der Waals surface area contributed by atoms with Crippen molar-refractivity contribution in [3.63, 3.8) is 0 Å². The highest BCUT2D eigenvalue weighted by molar-refractivity contribution is 6.30. The number of anilines is 1. The van der Waals surface area contributed by atoms with E-state index in [9.17, 15) is 19.7 Å². The number of nitro benzene ring substituents is 1. The van der Waals surface area contributed by atoms with E-state index in [0.29, 0.717) is 27.7 Å². The number of carbonyl (C=O) groups excluding carboxylic acids is 2. The fraction of sp³-hybridized carbons (Fsp3) is 0.280. The van der Waals surface area contributed by atoms with Crippen molar-refractivity contribution in [2.45, 2.75) is 33.6 Å². The van der Waals surface area contributed by atoms with Crippen molar-refractivity contribution in [3.8, 4) is 0 Å². The summed E-state index contributed by atoms with van der Waals surface area (Å²) in [4.78, 5) is 39.2. The highest BCUT2D eigenvalue weighted by Crippen LogP contribution is 2.45. The third-order valence-electron chi connectivity index (χ3n) is 5.52. The number of carbonyl (C=O) groups is 2. The van der Waals surface area contributed by atoms with Crippen molar-refractivity contribution in [3.05, 3.63) is 91.8 Å². The molecule has 178 valence electrons. The van der Waals surface area contributed by atoms with Gasteiger partial charge in [-0.05, 0) is 57.5 Å². The second-order valence-corrected chi connectivity index (χ2v) is 7.97. The van der Waals surface area contributed by atoms with Crippen molar-refractivity contribution in [2.24, 2.45) is 0 Å². The van der Waals surface area contributed by atoms with E-state index in [4.69, 9.17) is 21.1 Å². The van der Waals surface area contributed by atoms with E-state index in [1.165, 1.54) is 18.2 Å². The van der Waals surface area contributed by atoms with Crippen LogP contribution in [0.1, 0.15) is 39.2 Å². The maximum Gasteiger partial charge on any atom is 0.336 e. The van der Waals surface area contributed by atoms with Crippen molar-refractivity contribution < 1.29 is 24.0 Å². The Balaban J connectivity index is 2.34. The lowest BCUT2D eigenvalue weighted by atomic mass is 9.79. The molecule has 0 aliphatic carbocycles. The SMILES string of the molecule is CCOC(=O)C1=C(C)N(c2ccc(Cl)cc2)C(C)=C(C(=O)OCC)C1c1cccc([N+](=O)[O-])c1. The van der Waals surface area contributed by atoms with Crippen LogP contribution in [0.2, 0.25) is 5.02 Å². The van der Waals surface area contributed by atoms with Gasteiger partial charge in [-0.15, -0.1) is 0 Å². The van der Waals surface area contributed by atoms with Gasteiger partial charge in [-0.25, -0.2) is 9.59 Å². The van der Waals surface area contributed by atoms with Gasteiger partial charge in [0.2, 0.25) is 0 Å². The van der Waals surface area contributed by atoms with E-state index in [2.05, 4.69) is 0 Å². The number of hydrogen-bond donors (Lipinski definition) is 0. The number of ether oxygens (including phenoxy) is 2. The molecule has 0 amide bonds. The van der Waals surface area contributed by atoms with Crippen LogP contribution in [0.4, 0.5) is 11.4 Å². The third-order valence-corrected chi connectivity index (χ3v) is 5.77. The fourth-order valence-electron chi connectivity index (χ4n) is 4.13. The van der Waals surface area contributed by atoms with Crippen molar-refractivity contribution >= 4 is 34.9 Å². The van der Waals surface area contributed by atoms with Crippen LogP contribution in [-0.4, -0.2) is 30.1 Å². The summed E-state index contributed by atoms with van der Waals surface area (Å²) in [7, 11) is 0. The van der Waals surface area contributed by atoms with Gasteiger partial charge in [0.15, 0.2) is 0 Å². The third kappa shape index (κ3) is 4.82. The lowest BCUT2D eigenvalue weighted by Crippen LogP contribution is -2.35. The molecule has 0 bridgehead atoms. The Labute approximate surface area is 202 Å². The van der Waals surface area contributed by atoms with Gasteiger partial charge in [0.1, 0.15) is 0 Å². The summed E-state index contributed by atoms with van der Waals surface area (Å²) in [5, 5.41) is 12.0. The average Bonchev–Trinajstić information content (AvgIpc) is 2.80. The van der Waals surface area contributed by atoms with Gasteiger partial charge in [-0.1, -0.05) is 23.7 Å². The fourth-order valence-corrected chi connectivity index (χ4v) is 4.26. The smallest absolute Gasteiger partial charge is 0.336 e. The number of halogens is 1. The number of benzene rings is 2. The molecule has 9 heteroatoms. The molecule has 2 aromatic carbocycles. The Hall–Kier alpha value is -3.65. The summed E-state index contributed by atoms with van der Waals surface area (Å²) in [6, 6.07) is 12.8. The van der Waals surface area contributed by atoms with Crippen LogP contribution >= 0.6 is 11.6 Å². The Morgan fingerprint density at radius 1 is 0.971 bits per heavy atom. The van der Waals surface area contributed by atoms with Gasteiger partial charge in [0.25, 0.3) is 5.69 Å². The van der Waals surface area contributed by atoms with Gasteiger partial charge in [0.05, 0.1) is 35.2 Å². The van der Waals surface area contributed by atoms with Crippen molar-refractivity contribution in [1.82, 2.24) is 0 Å². The van der Waals surface area contributed by atoms with E-state index in [1.54, 1.807) is 62.9 Å². The van der Waals surface area contributed by atoms with Crippen LogP contribution < -0.4 is 4.90 Å². The van der Waals surface area contributed by atoms with Crippen LogP contribution in [0.5, 0.6) is 0 Å². The summed E-state index contributed by atoms with van der Waals surface area (Å²) in [5.74, 6) is -2.16. The van der Waals surface area contributed by atoms with Crippen molar-refractivity contribution in [2.75, 3.05) is 18.1 Å². The minimum Gasteiger partial charge on any atom is -0.463 e. The number of allylic oxidation sites excluding steroid dienone is 2. The van der Waals surface area contributed by atoms with Gasteiger partial charge >= 0.3 is 11.9 Å². The molecule has 0 spiro atoms. The molecule has 1 heterocycles. The molecule has 3 rings (SSSR count). The molecule has 34 heavy (non-hydrogen) atoms. The number of rotatable bonds is 7. The number of nitro groups is 1. The lowest BCUT2D eigenvalue weighted by molar-refractivity contribution is -0.384. The Morgan fingerprint density at radius 3 is 1.97 bits per heavy atom. The van der Waals surface area contributed by atoms with Crippen LogP contribution in [0.3, 0.4) is 0 Å². The molecule has 0 fully saturated rings. The van der Waals surface area contributed by atoms with Gasteiger partial charge in [-0.3, -0.25) is 10.1 Å². The van der Waals surface area contributed by atoms with E-state index in [1.807, 2.05) is 0 Å². The molecule has 0 saturated heterocycles. The van der Waals surface area contributed by atoms with Crippen LogP contribution in [0.15, 0.2) is 71.1 Å². The lowest BCUT2D eigenvalue weighted by Gasteiger charge is -2.38. The maximum absolute atomic E-state index is 13.2. The summed E-state index contributed by atoms with van der Waals surface area (Å²) in [5.41, 5.74) is 2.40. The van der Waals surface area contributed by atoms with E-state index < -0.39 is 22.8 Å². The average molecular weight is 485 g/mol. The van der Waals surface area contributed by atoms with Gasteiger partial charge in [0, 0.05) is 34.2 Å². The van der Waals surface area contributed by atoms with Crippen LogP contribution in [0, 0.1) is 10.1 Å². The second-order valence-electron chi connectivity index (χ2n) is 7.54. The molecular formula is C25H25ClN2O6. The molecule has 1 aliphatic rings. The minimum absolute atomic E-state index is 0.121. The monoisotopic (exact) mass is 484 g/mol. The molecule has 0 aromatic heterocycles. The molecule has 1 aliphatic heterocycles. The minimum atomic E-state index is -0.915. The predicted molar refractivity (Wildman–Crippen MR) is 128 cm³/mol. The quantitative estimate of drug-likeness (QED) is 0.289. The molecule has 0 radical (unpaired) electrons. The largest absolute Gasteiger partial charge is 0.463 e. The molecule has 0 N–H and O–H groups in total. The van der Waals surface area contributed by atoms with Crippen molar-refractivity contribution in [1.29, 1.82) is 0 Å². The summed E-state index contributed by atoms with van der Waals surface area (Å²) in [6.07, 6.45) is 0. The highest BCUT2D eigenvalue weighted by atomic mass is 35.5. The number of nitrogens with zero attached hydrogens (tertiary/aromatic N) is 2. The molecule has 0 saturated carbocycles. The molecular weight excluding hydrogens is 460 g/mol. The molecule has 8 nitrogen and oxygen atoms in total. The van der Waals surface area contributed by atoms with Crippen LogP contribution in [-0.2, 0) is 19.1 Å². The van der Waals surface area contributed by atoms with E-state index >= 15 is 0 Å². The first-order valence-corrected chi connectivity index (χ1v) is 11.1. The zero-order valence-electron chi connectivity index (χ0n) is 19.3. The zero-order chi connectivity index (χ0) is 25.0. The summed E-state index contributed by atoms with van der Waals surface area (Å²) < 4.78 is 10.7. The topological polar surface area (TPSA) is 99.0 Å². The second kappa shape index (κ2) is 10.5. The first-order chi connectivity index (χ1) is 16.2. The maximum atomic E-state index is 13.2. The van der Waals surface area contributed by atoms with E-state index in [-0.39, 0.29) is 30.0 Å². The van der Waals surface area contributed by atoms with Crippen LogP contribution in [0.25, 0.3) is 0 Å². The first-order valence-electron chi connectivity index (χ1n) is 10.8. The molecule has 0 atom stereocenters. The number of non-ortho nitro benzene ring substituents is 1. The zero-order valence-corrected chi connectivity index (χ0v) is 20.1. The normalized spacial score (nSPS) is 14.3. The number of esters is 2. The predicted octanol–water partition coefficient (Wildman–Crippen LogP) is 5.53. The Bertz CT molecular complexity index is 1140. The van der Waals surface area contributed by atoms with E-state index in [0.717, 1.165) is 0 Å². The summed E-state index contributed by atoms with van der Waals surface area (Å²) in [6.45, 7) is 7.10. The van der Waals surface area contributed by atoms with Gasteiger partial charge < -0.3 is 14.4 Å². The first kappa shape index (κ1) is 25.0.